The molecule has 0 radical (unpaired) electrons. The molecule has 0 aliphatic carbocycles. The first-order valence-corrected chi connectivity index (χ1v) is 30.7. The predicted molar refractivity (Wildman–Crippen MR) is 204 cm³/mol. The third-order valence-corrected chi connectivity index (χ3v) is 12.7. The minimum atomic E-state index is -6.14. The molecule has 3 fully saturated rings. The minimum Gasteiger partial charge on any atom is -0.364 e. The summed E-state index contributed by atoms with van der Waals surface area (Å²) in [5.74, 6) is 0. The molecule has 3 saturated heterocycles. The Kier molecular flexibility index (Phi) is 21.5. The van der Waals surface area contributed by atoms with E-state index in [0.29, 0.717) is 0 Å². The average Bonchev–Trinajstić information content (AvgIpc) is 3.40. The summed E-state index contributed by atoms with van der Waals surface area (Å²) in [6.07, 6.45) is -42.1. The van der Waals surface area contributed by atoms with Crippen LogP contribution < -0.4 is 0 Å². The van der Waals surface area contributed by atoms with Crippen molar-refractivity contribution in [2.24, 2.45) is 0 Å². The molecule has 10 N–H and O–H groups in total. The van der Waals surface area contributed by atoms with E-state index in [0.717, 1.165) is 0 Å². The molecule has 45 nitrogen and oxygen atoms in total. The summed E-state index contributed by atoms with van der Waals surface area (Å²) in [6.45, 7) is -7.33. The van der Waals surface area contributed by atoms with Gasteiger partial charge in [-0.25, -0.2) is 41.8 Å². The molecule has 14 atom stereocenters. The van der Waals surface area contributed by atoms with Crippen molar-refractivity contribution >= 4 is 104 Å². The first-order valence-electron chi connectivity index (χ1n) is 17.1. The van der Waals surface area contributed by atoms with Gasteiger partial charge in [-0.3, -0.25) is 45.5 Å². The van der Waals surface area contributed by atoms with Gasteiger partial charge in [-0.05, 0) is 0 Å². The molecule has 0 amide bonds. The van der Waals surface area contributed by atoms with Gasteiger partial charge in [0.15, 0.2) is 24.8 Å². The van der Waals surface area contributed by atoms with E-state index in [1.165, 1.54) is 0 Å². The maximum Gasteiger partial charge on any atom is 0.397 e. The second-order valence-electron chi connectivity index (χ2n) is 13.3. The van der Waals surface area contributed by atoms with Crippen LogP contribution in [0.15, 0.2) is 0 Å². The van der Waals surface area contributed by atoms with Gasteiger partial charge in [-0.2, -0.15) is 84.2 Å². The van der Waals surface area contributed by atoms with Crippen LogP contribution in [-0.4, -0.2) is 242 Å². The molecule has 0 aromatic heterocycles. The van der Waals surface area contributed by atoms with Gasteiger partial charge in [0, 0.05) is 0 Å². The molecule has 0 unspecified atom stereocenters. The first-order chi connectivity index (χ1) is 32.4. The van der Waals surface area contributed by atoms with E-state index in [1.54, 1.807) is 0 Å². The zero-order chi connectivity index (χ0) is 56.5. The highest BCUT2D eigenvalue weighted by molar-refractivity contribution is 7.83. The lowest BCUT2D eigenvalue weighted by molar-refractivity contribution is -0.296. The Labute approximate surface area is 409 Å². The van der Waals surface area contributed by atoms with E-state index in [-0.39, 0.29) is 0 Å². The van der Waals surface area contributed by atoms with Gasteiger partial charge in [0.25, 0.3) is 0 Å². The summed E-state index contributed by atoms with van der Waals surface area (Å²) in [4.78, 5) is 0. The molecule has 3 rings (SSSR count). The minimum absolute atomic E-state index is 1.80. The average molecular weight is 1290 g/mol. The van der Waals surface area contributed by atoms with Gasteiger partial charge in [0.1, 0.15) is 61.0 Å². The zero-order valence-corrected chi connectivity index (χ0v) is 41.9. The lowest BCUT2D eigenvalue weighted by Gasteiger charge is -2.43. The molecule has 434 valence electrons. The molecule has 0 spiro atoms. The van der Waals surface area contributed by atoms with Crippen molar-refractivity contribution in [1.29, 1.82) is 0 Å². The molecule has 3 heterocycles. The van der Waals surface area contributed by atoms with E-state index >= 15 is 0 Å². The van der Waals surface area contributed by atoms with Gasteiger partial charge >= 0.3 is 104 Å². The Bertz CT molecular complexity index is 2880. The third kappa shape index (κ3) is 24.4. The summed E-state index contributed by atoms with van der Waals surface area (Å²) in [5.41, 5.74) is 0. The van der Waals surface area contributed by atoms with Gasteiger partial charge in [0.05, 0.1) is 26.4 Å². The highest BCUT2D eigenvalue weighted by Gasteiger charge is 2.58. The molecule has 0 bridgehead atoms. The van der Waals surface area contributed by atoms with Gasteiger partial charge in [0.2, 0.25) is 0 Å². The van der Waals surface area contributed by atoms with Crippen molar-refractivity contribution in [2.75, 3.05) is 26.4 Å². The van der Waals surface area contributed by atoms with Crippen LogP contribution in [0.3, 0.4) is 0 Å². The maximum absolute atomic E-state index is 12.0. The van der Waals surface area contributed by atoms with Crippen molar-refractivity contribution in [3.63, 3.8) is 0 Å². The SMILES string of the molecule is O=S(=O)(O)OC[C@H]1O[C@@H](OC[C@@H]2O[C@H](CO[C@@H]3O[C@H](COS(=O)(=O)O)[C@H](OS(=O)(=O)O)[C@H](OS(=O)(=O)O)[C@H]3OS(=O)(=O)O)[C@H](OS(=O)(=O)O)[C@H]2OS(=O)(=O)O)[C@H](OS(=O)(=O)O)[C@@H](OS(=O)(=O)O)[C@H]1OS(=O)(=O)O. The van der Waals surface area contributed by atoms with Crippen molar-refractivity contribution in [3.8, 4) is 0 Å². The quantitative estimate of drug-likeness (QED) is 0.0325. The van der Waals surface area contributed by atoms with Gasteiger partial charge in [-0.15, -0.1) is 0 Å². The third-order valence-electron chi connectivity index (χ3n) is 8.06. The van der Waals surface area contributed by atoms with Crippen molar-refractivity contribution < 1.29 is 195 Å². The molecule has 0 aromatic carbocycles. The normalized spacial score (nSPS) is 31.9. The van der Waals surface area contributed by atoms with Crippen LogP contribution in [0.25, 0.3) is 0 Å². The van der Waals surface area contributed by atoms with Crippen LogP contribution in [-0.2, 0) is 170 Å². The fraction of sp³-hybridized carbons (Fsp3) is 1.00. The van der Waals surface area contributed by atoms with Crippen molar-refractivity contribution in [3.05, 3.63) is 0 Å². The molecule has 0 saturated carbocycles. The maximum atomic E-state index is 12.0. The largest absolute Gasteiger partial charge is 0.397 e. The molecule has 0 aromatic rings. The fourth-order valence-electron chi connectivity index (χ4n) is 6.06. The first kappa shape index (κ1) is 65.8. The molecule has 73 heavy (non-hydrogen) atoms. The molecule has 55 heteroatoms. The monoisotopic (exact) mass is 1290 g/mol. The molecule has 3 aliphatic heterocycles. The summed E-state index contributed by atoms with van der Waals surface area (Å²) < 4.78 is 396. The topological polar surface area (TPSA) is 682 Å². The van der Waals surface area contributed by atoms with Crippen molar-refractivity contribution in [1.82, 2.24) is 0 Å². The Hall–Kier alpha value is -1.50. The summed E-state index contributed by atoms with van der Waals surface area (Å²) in [5, 5.41) is 0. The Morgan fingerprint density at radius 2 is 0.438 bits per heavy atom. The zero-order valence-electron chi connectivity index (χ0n) is 33.8. The second kappa shape index (κ2) is 23.8. The van der Waals surface area contributed by atoms with Crippen LogP contribution in [0.2, 0.25) is 0 Å². The van der Waals surface area contributed by atoms with Gasteiger partial charge < -0.3 is 23.7 Å². The summed E-state index contributed by atoms with van der Waals surface area (Å²) in [7, 11) is -60.1. The van der Waals surface area contributed by atoms with E-state index < -0.39 is 216 Å². The van der Waals surface area contributed by atoms with Crippen molar-refractivity contribution in [2.45, 2.75) is 85.8 Å². The number of hydrogen-bond acceptors (Lipinski definition) is 35. The van der Waals surface area contributed by atoms with E-state index in [4.69, 9.17) is 32.8 Å². The second-order valence-corrected chi connectivity index (χ2v) is 23.9. The Morgan fingerprint density at radius 3 is 0.658 bits per heavy atom. The number of hydrogen-bond donors (Lipinski definition) is 10. The lowest BCUT2D eigenvalue weighted by atomic mass is 9.99. The highest BCUT2D eigenvalue weighted by Crippen LogP contribution is 2.37. The van der Waals surface area contributed by atoms with E-state index in [2.05, 4.69) is 41.8 Å². The standard InChI is InChI=1S/C18H32O45S10/c19-64(20,21)51-3-7-11(58-68(31,32)33)13(60-70(37,38)39)15(62-72(43,44)45)17(54-7)49-1-5-9(56-66(25,26)27)10(57-67(28,29)30)6(53-5)2-50-18-16(63-73(46,47)48)14(61-71(40,41)42)12(59-69(34,35)36)8(55-18)4-52-65(22,23)24/h5-18H,1-4H2,(H,19,20,21)(H,22,23,24)(H,25,26,27)(H,28,29,30)(H,31,32,33)(H,34,35,36)(H,37,38,39)(H,40,41,42)(H,43,44,45)(H,46,47,48)/t5-,6+,7-,8-,9+,10+,11+,12+,13+,14+,15-,16-,17-,18-/m1/s1. The van der Waals surface area contributed by atoms with Crippen LogP contribution in [0, 0.1) is 0 Å². The van der Waals surface area contributed by atoms with Crippen LogP contribution in [0.4, 0.5) is 0 Å². The van der Waals surface area contributed by atoms with E-state index in [9.17, 15) is 121 Å². The summed E-state index contributed by atoms with van der Waals surface area (Å²) in [6, 6.07) is 0. The lowest BCUT2D eigenvalue weighted by Crippen LogP contribution is -2.63. The summed E-state index contributed by atoms with van der Waals surface area (Å²) >= 11 is 0. The smallest absolute Gasteiger partial charge is 0.364 e. The Morgan fingerprint density at radius 1 is 0.247 bits per heavy atom. The fourth-order valence-corrected chi connectivity index (χ4v) is 10.7. The van der Waals surface area contributed by atoms with E-state index in [1.807, 2.05) is 0 Å². The molecular weight excluding hydrogens is 1260 g/mol. The Balaban J connectivity index is 2.22. The number of ether oxygens (including phenoxy) is 5. The number of rotatable bonds is 28. The molecular formula is C18H32O45S10. The molecule has 3 aliphatic rings. The van der Waals surface area contributed by atoms with Crippen LogP contribution in [0.1, 0.15) is 0 Å². The highest BCUT2D eigenvalue weighted by atomic mass is 32.3. The van der Waals surface area contributed by atoms with Crippen LogP contribution in [0.5, 0.6) is 0 Å². The predicted octanol–water partition coefficient (Wildman–Crippen LogP) is -8.62. The van der Waals surface area contributed by atoms with Crippen LogP contribution >= 0.6 is 0 Å². The van der Waals surface area contributed by atoms with Gasteiger partial charge in [-0.1, -0.05) is 0 Å².